The summed E-state index contributed by atoms with van der Waals surface area (Å²) < 4.78 is 10.9. The molecular formula is C27H37N5O6. The second-order valence-corrected chi connectivity index (χ2v) is 9.06. The van der Waals surface area contributed by atoms with Gasteiger partial charge in [-0.2, -0.15) is 5.10 Å². The number of carbonyl (C=O) groups is 4. The molecule has 2 amide bonds. The Morgan fingerprint density at radius 2 is 2.05 bits per heavy atom. The summed E-state index contributed by atoms with van der Waals surface area (Å²) in [7, 11) is 1.52. The van der Waals surface area contributed by atoms with E-state index in [0.29, 0.717) is 49.7 Å². The smallest absolute Gasteiger partial charge is 0.356 e. The van der Waals surface area contributed by atoms with Crippen molar-refractivity contribution in [3.05, 3.63) is 46.8 Å². The van der Waals surface area contributed by atoms with Gasteiger partial charge in [0.15, 0.2) is 0 Å². The van der Waals surface area contributed by atoms with Crippen LogP contribution in [0.4, 0.5) is 0 Å². The summed E-state index contributed by atoms with van der Waals surface area (Å²) in [6, 6.07) is 4.71. The Balaban J connectivity index is 1.35. The minimum Gasteiger partial charge on any atom is -0.494 e. The Labute approximate surface area is 222 Å². The average molecular weight is 528 g/mol. The SMILES string of the molecule is CCOC(=O)c1[nH]ncc1CNCCCCCCOc1ccc2c(c1)CN(C(CCC=O)C(=O)NC)C2=O. The van der Waals surface area contributed by atoms with Gasteiger partial charge < -0.3 is 29.8 Å². The van der Waals surface area contributed by atoms with Gasteiger partial charge in [0.25, 0.3) is 5.91 Å². The van der Waals surface area contributed by atoms with Crippen LogP contribution in [-0.4, -0.2) is 72.0 Å². The third-order valence-corrected chi connectivity index (χ3v) is 6.42. The highest BCUT2D eigenvalue weighted by atomic mass is 16.5. The van der Waals surface area contributed by atoms with Crippen LogP contribution < -0.4 is 15.4 Å². The number of benzene rings is 1. The quantitative estimate of drug-likeness (QED) is 0.162. The van der Waals surface area contributed by atoms with Crippen LogP contribution in [0.25, 0.3) is 0 Å². The molecule has 1 unspecified atom stereocenters. The van der Waals surface area contributed by atoms with E-state index in [1.807, 2.05) is 6.07 Å². The summed E-state index contributed by atoms with van der Waals surface area (Å²) in [5, 5.41) is 12.5. The number of nitrogens with zero attached hydrogens (tertiary/aromatic N) is 2. The number of hydrogen-bond donors (Lipinski definition) is 3. The number of hydrogen-bond acceptors (Lipinski definition) is 8. The van der Waals surface area contributed by atoms with Gasteiger partial charge in [-0.25, -0.2) is 4.79 Å². The molecule has 1 aliphatic rings. The van der Waals surface area contributed by atoms with Crippen LogP contribution in [0.2, 0.25) is 0 Å². The Morgan fingerprint density at radius 3 is 2.82 bits per heavy atom. The maximum atomic E-state index is 12.9. The number of aromatic nitrogens is 2. The fraction of sp³-hybridized carbons (Fsp3) is 0.519. The van der Waals surface area contributed by atoms with Crippen molar-refractivity contribution in [1.82, 2.24) is 25.7 Å². The molecule has 2 aromatic rings. The molecule has 0 spiro atoms. The van der Waals surface area contributed by atoms with Gasteiger partial charge in [0.2, 0.25) is 5.91 Å². The van der Waals surface area contributed by atoms with E-state index in [-0.39, 0.29) is 18.2 Å². The van der Waals surface area contributed by atoms with Crippen molar-refractivity contribution in [3.8, 4) is 5.75 Å². The molecule has 11 heteroatoms. The lowest BCUT2D eigenvalue weighted by molar-refractivity contribution is -0.125. The molecule has 38 heavy (non-hydrogen) atoms. The molecule has 0 fully saturated rings. The van der Waals surface area contributed by atoms with E-state index in [4.69, 9.17) is 9.47 Å². The summed E-state index contributed by atoms with van der Waals surface area (Å²) in [4.78, 5) is 49.4. The predicted molar refractivity (Wildman–Crippen MR) is 140 cm³/mol. The molecule has 0 aliphatic carbocycles. The monoisotopic (exact) mass is 527 g/mol. The largest absolute Gasteiger partial charge is 0.494 e. The Kier molecular flexibility index (Phi) is 11.3. The number of likely N-dealkylation sites (N-methyl/N-ethyl adjacent to an activating group) is 1. The summed E-state index contributed by atoms with van der Waals surface area (Å²) >= 11 is 0. The van der Waals surface area contributed by atoms with Gasteiger partial charge in [-0.1, -0.05) is 12.8 Å². The highest BCUT2D eigenvalue weighted by Gasteiger charge is 2.35. The fourth-order valence-corrected chi connectivity index (χ4v) is 4.43. The van der Waals surface area contributed by atoms with Crippen molar-refractivity contribution in [2.45, 2.75) is 64.6 Å². The van der Waals surface area contributed by atoms with E-state index in [1.54, 1.807) is 25.3 Å². The van der Waals surface area contributed by atoms with Crippen molar-refractivity contribution >= 4 is 24.1 Å². The number of nitrogens with one attached hydrogen (secondary N) is 3. The highest BCUT2D eigenvalue weighted by Crippen LogP contribution is 2.29. The zero-order valence-electron chi connectivity index (χ0n) is 22.1. The highest BCUT2D eigenvalue weighted by molar-refractivity contribution is 6.01. The van der Waals surface area contributed by atoms with Gasteiger partial charge in [-0.3, -0.25) is 14.7 Å². The van der Waals surface area contributed by atoms with E-state index in [1.165, 1.54) is 11.9 Å². The standard InChI is InChI=1S/C27H37N5O6/c1-3-37-27(36)24-20(17-30-31-24)16-29-12-6-4-5-7-14-38-21-10-11-22-19(15-21)18-32(26(22)35)23(9-8-13-33)25(34)28-2/h10-11,13,15,17,23,29H,3-9,12,14,16,18H2,1-2H3,(H,28,34)(H,30,31). The fourth-order valence-electron chi connectivity index (χ4n) is 4.43. The molecule has 11 nitrogen and oxygen atoms in total. The second-order valence-electron chi connectivity index (χ2n) is 9.06. The van der Waals surface area contributed by atoms with Gasteiger partial charge in [0, 0.05) is 37.7 Å². The van der Waals surface area contributed by atoms with E-state index in [2.05, 4.69) is 20.8 Å². The molecular weight excluding hydrogens is 490 g/mol. The molecule has 206 valence electrons. The zero-order chi connectivity index (χ0) is 27.3. The Hall–Kier alpha value is -3.73. The van der Waals surface area contributed by atoms with Crippen LogP contribution in [0.15, 0.2) is 24.4 Å². The Morgan fingerprint density at radius 1 is 1.24 bits per heavy atom. The molecule has 1 aliphatic heterocycles. The van der Waals surface area contributed by atoms with Crippen LogP contribution >= 0.6 is 0 Å². The summed E-state index contributed by atoms with van der Waals surface area (Å²) in [6.07, 6.45) is 6.86. The minimum absolute atomic E-state index is 0.204. The van der Waals surface area contributed by atoms with Crippen molar-refractivity contribution in [1.29, 1.82) is 0 Å². The molecule has 1 aromatic heterocycles. The van der Waals surface area contributed by atoms with E-state index >= 15 is 0 Å². The number of unbranched alkanes of at least 4 members (excludes halogenated alkanes) is 3. The van der Waals surface area contributed by atoms with Crippen LogP contribution in [0.5, 0.6) is 5.75 Å². The molecule has 2 heterocycles. The number of H-pyrrole nitrogens is 1. The van der Waals surface area contributed by atoms with E-state index < -0.39 is 12.0 Å². The number of rotatable bonds is 17. The topological polar surface area (TPSA) is 143 Å². The lowest BCUT2D eigenvalue weighted by Crippen LogP contribution is -2.46. The number of aldehydes is 1. The number of aromatic amines is 1. The predicted octanol–water partition coefficient (Wildman–Crippen LogP) is 2.36. The number of fused-ring (bicyclic) bond motifs is 1. The van der Waals surface area contributed by atoms with Crippen LogP contribution in [0.3, 0.4) is 0 Å². The first kappa shape index (κ1) is 28.8. The first-order valence-electron chi connectivity index (χ1n) is 13.1. The van der Waals surface area contributed by atoms with Crippen LogP contribution in [0.1, 0.15) is 77.4 Å². The first-order chi connectivity index (χ1) is 18.5. The third-order valence-electron chi connectivity index (χ3n) is 6.42. The third kappa shape index (κ3) is 7.64. The van der Waals surface area contributed by atoms with Crippen LogP contribution in [-0.2, 0) is 27.4 Å². The normalized spacial score (nSPS) is 13.2. The number of ether oxygens (including phenoxy) is 2. The minimum atomic E-state index is -0.678. The van der Waals surface area contributed by atoms with Gasteiger partial charge in [0.1, 0.15) is 23.8 Å². The molecule has 0 radical (unpaired) electrons. The number of amides is 2. The van der Waals surface area contributed by atoms with Crippen molar-refractivity contribution in [3.63, 3.8) is 0 Å². The maximum Gasteiger partial charge on any atom is 0.356 e. The summed E-state index contributed by atoms with van der Waals surface area (Å²) in [5.41, 5.74) is 2.57. The molecule has 0 saturated carbocycles. The van der Waals surface area contributed by atoms with Crippen molar-refractivity contribution in [2.24, 2.45) is 0 Å². The lowest BCUT2D eigenvalue weighted by atomic mass is 10.1. The van der Waals surface area contributed by atoms with Gasteiger partial charge >= 0.3 is 5.97 Å². The Bertz CT molecular complexity index is 1100. The summed E-state index contributed by atoms with van der Waals surface area (Å²) in [5.74, 6) is -0.175. The van der Waals surface area contributed by atoms with Gasteiger partial charge in [-0.15, -0.1) is 0 Å². The molecule has 0 bridgehead atoms. The average Bonchev–Trinajstić information content (AvgIpc) is 3.52. The molecule has 3 N–H and O–H groups in total. The van der Waals surface area contributed by atoms with Crippen molar-refractivity contribution in [2.75, 3.05) is 26.8 Å². The number of carbonyl (C=O) groups excluding carboxylic acids is 4. The molecule has 0 saturated heterocycles. The summed E-state index contributed by atoms with van der Waals surface area (Å²) in [6.45, 7) is 4.35. The first-order valence-corrected chi connectivity index (χ1v) is 13.1. The van der Waals surface area contributed by atoms with Gasteiger partial charge in [0.05, 0.1) is 19.4 Å². The van der Waals surface area contributed by atoms with Crippen molar-refractivity contribution < 1.29 is 28.7 Å². The van der Waals surface area contributed by atoms with Gasteiger partial charge in [-0.05, 0) is 56.5 Å². The van der Waals surface area contributed by atoms with Crippen LogP contribution in [0, 0.1) is 0 Å². The number of esters is 1. The van der Waals surface area contributed by atoms with E-state index in [9.17, 15) is 19.2 Å². The molecule has 1 atom stereocenters. The zero-order valence-corrected chi connectivity index (χ0v) is 22.1. The molecule has 1 aromatic carbocycles. The van der Waals surface area contributed by atoms with E-state index in [0.717, 1.165) is 49.6 Å². The second kappa shape index (κ2) is 14.9. The lowest BCUT2D eigenvalue weighted by Gasteiger charge is -2.25. The molecule has 3 rings (SSSR count). The maximum absolute atomic E-state index is 12.9.